The first-order chi connectivity index (χ1) is 18.6. The molecular weight excluding hydrogens is 472 g/mol. The molecule has 1 saturated heterocycles. The molecule has 0 aromatic heterocycles. The molecule has 4 aromatic rings. The number of rotatable bonds is 8. The number of benzene rings is 4. The number of nitrogens with zero attached hydrogens (tertiary/aromatic N) is 2. The Labute approximate surface area is 224 Å². The van der Waals surface area contributed by atoms with Crippen molar-refractivity contribution in [3.8, 4) is 0 Å². The third-order valence-electron chi connectivity index (χ3n) is 7.40. The highest BCUT2D eigenvalue weighted by Gasteiger charge is 2.39. The lowest BCUT2D eigenvalue weighted by Crippen LogP contribution is -2.59. The normalized spacial score (nSPS) is 16.1. The Balaban J connectivity index is 1.40. The number of carbonyl (C=O) groups is 2. The lowest BCUT2D eigenvalue weighted by atomic mass is 9.87. The summed E-state index contributed by atoms with van der Waals surface area (Å²) in [6.45, 7) is 1.21. The highest BCUT2D eigenvalue weighted by molar-refractivity contribution is 5.85. The van der Waals surface area contributed by atoms with Gasteiger partial charge in [-0.05, 0) is 22.3 Å². The van der Waals surface area contributed by atoms with Crippen LogP contribution in [0, 0.1) is 0 Å². The van der Waals surface area contributed by atoms with Gasteiger partial charge >= 0.3 is 5.97 Å². The van der Waals surface area contributed by atoms with Crippen LogP contribution in [0.1, 0.15) is 40.6 Å². The molecule has 0 aliphatic carbocycles. The van der Waals surface area contributed by atoms with Gasteiger partial charge in [-0.3, -0.25) is 9.69 Å². The molecule has 1 atom stereocenters. The van der Waals surface area contributed by atoms with Gasteiger partial charge in [0.25, 0.3) is 0 Å². The Kier molecular flexibility index (Phi) is 7.95. The molecule has 5 rings (SSSR count). The summed E-state index contributed by atoms with van der Waals surface area (Å²) in [7, 11) is 0. The summed E-state index contributed by atoms with van der Waals surface area (Å²) in [5.74, 6) is -1.25. The van der Waals surface area contributed by atoms with Crippen LogP contribution in [0.15, 0.2) is 121 Å². The zero-order chi connectivity index (χ0) is 26.3. The molecule has 1 heterocycles. The minimum absolute atomic E-state index is 0.0853. The predicted molar refractivity (Wildman–Crippen MR) is 149 cm³/mol. The van der Waals surface area contributed by atoms with Gasteiger partial charge in [0.15, 0.2) is 0 Å². The van der Waals surface area contributed by atoms with Crippen molar-refractivity contribution >= 4 is 11.9 Å². The molecule has 1 aliphatic heterocycles. The van der Waals surface area contributed by atoms with Crippen LogP contribution in [0.3, 0.4) is 0 Å². The van der Waals surface area contributed by atoms with Gasteiger partial charge in [0, 0.05) is 32.0 Å². The molecular formula is C33H32N2O3. The first-order valence-corrected chi connectivity index (χ1v) is 13.1. The molecule has 1 N–H and O–H groups in total. The maximum Gasteiger partial charge on any atom is 0.327 e. The summed E-state index contributed by atoms with van der Waals surface area (Å²) in [5.41, 5.74) is 4.31. The van der Waals surface area contributed by atoms with E-state index in [2.05, 4.69) is 29.2 Å². The van der Waals surface area contributed by atoms with Crippen LogP contribution in [-0.4, -0.2) is 52.5 Å². The van der Waals surface area contributed by atoms with Gasteiger partial charge in [-0.2, -0.15) is 0 Å². The van der Waals surface area contributed by atoms with Crippen LogP contribution in [0.5, 0.6) is 0 Å². The summed E-state index contributed by atoms with van der Waals surface area (Å²) < 4.78 is 0. The topological polar surface area (TPSA) is 60.9 Å². The van der Waals surface area contributed by atoms with Crippen molar-refractivity contribution in [1.82, 2.24) is 9.80 Å². The van der Waals surface area contributed by atoms with E-state index in [-0.39, 0.29) is 30.8 Å². The van der Waals surface area contributed by atoms with Gasteiger partial charge < -0.3 is 10.0 Å². The van der Waals surface area contributed by atoms with E-state index in [1.165, 1.54) is 0 Å². The fourth-order valence-electron chi connectivity index (χ4n) is 5.52. The standard InChI is InChI=1S/C33H32N2O3/c36-31(23-29(25-13-5-1-6-14-25)26-15-7-2-8-16-26)35-22-21-34(24-30(35)33(37)38)32(27-17-9-3-10-18-27)28-19-11-4-12-20-28/h1-20,29-30,32H,21-24H2,(H,37,38). The van der Waals surface area contributed by atoms with E-state index in [0.29, 0.717) is 13.1 Å². The first-order valence-electron chi connectivity index (χ1n) is 13.1. The Morgan fingerprint density at radius 1 is 0.658 bits per heavy atom. The van der Waals surface area contributed by atoms with Crippen molar-refractivity contribution in [3.63, 3.8) is 0 Å². The molecule has 0 saturated carbocycles. The summed E-state index contributed by atoms with van der Waals surface area (Å²) in [5, 5.41) is 10.2. The van der Waals surface area contributed by atoms with Crippen LogP contribution < -0.4 is 0 Å². The van der Waals surface area contributed by atoms with Crippen LogP contribution in [0.4, 0.5) is 0 Å². The average Bonchev–Trinajstić information content (AvgIpc) is 2.98. The molecule has 38 heavy (non-hydrogen) atoms. The molecule has 1 aliphatic rings. The van der Waals surface area contributed by atoms with Gasteiger partial charge in [-0.25, -0.2) is 4.79 Å². The van der Waals surface area contributed by atoms with Gasteiger partial charge in [0.1, 0.15) is 6.04 Å². The van der Waals surface area contributed by atoms with Crippen LogP contribution >= 0.6 is 0 Å². The Morgan fingerprint density at radius 2 is 1.08 bits per heavy atom. The summed E-state index contributed by atoms with van der Waals surface area (Å²) in [6.07, 6.45) is 0.221. The quantitative estimate of drug-likeness (QED) is 0.340. The molecule has 0 spiro atoms. The fourth-order valence-corrected chi connectivity index (χ4v) is 5.52. The summed E-state index contributed by atoms with van der Waals surface area (Å²) in [4.78, 5) is 30.0. The van der Waals surface area contributed by atoms with Gasteiger partial charge in [0.2, 0.25) is 5.91 Å². The molecule has 1 fully saturated rings. The number of carboxylic acid groups (broad SMARTS) is 1. The number of aliphatic carboxylic acids is 1. The summed E-state index contributed by atoms with van der Waals surface area (Å²) >= 11 is 0. The second kappa shape index (κ2) is 11.9. The zero-order valence-electron chi connectivity index (χ0n) is 21.3. The van der Waals surface area contributed by atoms with Crippen LogP contribution in [0.2, 0.25) is 0 Å². The molecule has 0 bridgehead atoms. The monoisotopic (exact) mass is 504 g/mol. The number of carbonyl (C=O) groups excluding carboxylic acids is 1. The van der Waals surface area contributed by atoms with E-state index < -0.39 is 12.0 Å². The van der Waals surface area contributed by atoms with E-state index in [9.17, 15) is 14.7 Å². The van der Waals surface area contributed by atoms with Gasteiger partial charge in [-0.1, -0.05) is 121 Å². The maximum atomic E-state index is 13.7. The maximum absolute atomic E-state index is 13.7. The first kappa shape index (κ1) is 25.4. The molecule has 5 nitrogen and oxygen atoms in total. The number of hydrogen-bond acceptors (Lipinski definition) is 3. The lowest BCUT2D eigenvalue weighted by molar-refractivity contribution is -0.154. The molecule has 5 heteroatoms. The highest BCUT2D eigenvalue weighted by Crippen LogP contribution is 2.33. The largest absolute Gasteiger partial charge is 0.480 e. The predicted octanol–water partition coefficient (Wildman–Crippen LogP) is 5.60. The van der Waals surface area contributed by atoms with E-state index in [1.54, 1.807) is 4.90 Å². The van der Waals surface area contributed by atoms with Crippen molar-refractivity contribution in [2.75, 3.05) is 19.6 Å². The van der Waals surface area contributed by atoms with E-state index in [4.69, 9.17) is 0 Å². The number of piperazine rings is 1. The van der Waals surface area contributed by atoms with Crippen LogP contribution in [-0.2, 0) is 9.59 Å². The number of carboxylic acids is 1. The third kappa shape index (κ3) is 5.68. The second-order valence-corrected chi connectivity index (χ2v) is 9.74. The minimum Gasteiger partial charge on any atom is -0.480 e. The van der Waals surface area contributed by atoms with Gasteiger partial charge in [0.05, 0.1) is 6.04 Å². The number of hydrogen-bond donors (Lipinski definition) is 1. The second-order valence-electron chi connectivity index (χ2n) is 9.74. The Hall–Kier alpha value is -4.22. The van der Waals surface area contributed by atoms with E-state index in [1.807, 2.05) is 97.1 Å². The summed E-state index contributed by atoms with van der Waals surface area (Å²) in [6, 6.07) is 39.2. The number of amides is 1. The average molecular weight is 505 g/mol. The smallest absolute Gasteiger partial charge is 0.327 e. The SMILES string of the molecule is O=C(O)C1CN(C(c2ccccc2)c2ccccc2)CCN1C(=O)CC(c1ccccc1)c1ccccc1. The molecule has 0 radical (unpaired) electrons. The Bertz CT molecular complexity index is 1250. The lowest BCUT2D eigenvalue weighted by Gasteiger charge is -2.43. The van der Waals surface area contributed by atoms with E-state index in [0.717, 1.165) is 22.3 Å². The molecule has 1 amide bonds. The van der Waals surface area contributed by atoms with Gasteiger partial charge in [-0.15, -0.1) is 0 Å². The van der Waals surface area contributed by atoms with Crippen molar-refractivity contribution in [2.45, 2.75) is 24.4 Å². The molecule has 4 aromatic carbocycles. The molecule has 192 valence electrons. The third-order valence-corrected chi connectivity index (χ3v) is 7.40. The molecule has 1 unspecified atom stereocenters. The van der Waals surface area contributed by atoms with E-state index >= 15 is 0 Å². The fraction of sp³-hybridized carbons (Fsp3) is 0.212. The Morgan fingerprint density at radius 3 is 1.50 bits per heavy atom. The van der Waals surface area contributed by atoms with Crippen molar-refractivity contribution in [2.24, 2.45) is 0 Å². The van der Waals surface area contributed by atoms with Crippen LogP contribution in [0.25, 0.3) is 0 Å². The van der Waals surface area contributed by atoms with Crippen molar-refractivity contribution < 1.29 is 14.7 Å². The zero-order valence-corrected chi connectivity index (χ0v) is 21.3. The highest BCUT2D eigenvalue weighted by atomic mass is 16.4. The van der Waals surface area contributed by atoms with Crippen molar-refractivity contribution in [1.29, 1.82) is 0 Å². The minimum atomic E-state index is -0.973. The van der Waals surface area contributed by atoms with Crippen molar-refractivity contribution in [3.05, 3.63) is 144 Å².